The van der Waals surface area contributed by atoms with E-state index in [0.29, 0.717) is 17.2 Å². The zero-order valence-electron chi connectivity index (χ0n) is 17.4. The predicted molar refractivity (Wildman–Crippen MR) is 111 cm³/mol. The van der Waals surface area contributed by atoms with Gasteiger partial charge in [-0.3, -0.25) is 0 Å². The summed E-state index contributed by atoms with van der Waals surface area (Å²) in [5.41, 5.74) is 4.77. The maximum Gasteiger partial charge on any atom is 0.222 e. The fraction of sp³-hybridized carbons (Fsp3) is 0.364. The molecule has 7 heteroatoms. The number of benzene rings is 2. The fourth-order valence-corrected chi connectivity index (χ4v) is 3.97. The maximum absolute atomic E-state index is 5.74. The molecule has 4 rings (SSSR count). The van der Waals surface area contributed by atoms with Gasteiger partial charge in [0.25, 0.3) is 0 Å². The molecule has 0 amide bonds. The molecule has 0 bridgehead atoms. The highest BCUT2D eigenvalue weighted by atomic mass is 16.5. The molecule has 0 aliphatic carbocycles. The summed E-state index contributed by atoms with van der Waals surface area (Å²) in [6.45, 7) is 4.26. The average Bonchev–Trinajstić information content (AvgIpc) is 3.22. The van der Waals surface area contributed by atoms with Gasteiger partial charge in [0, 0.05) is 5.56 Å². The van der Waals surface area contributed by atoms with E-state index >= 15 is 0 Å². The van der Waals surface area contributed by atoms with E-state index < -0.39 is 0 Å². The van der Waals surface area contributed by atoms with E-state index in [1.165, 1.54) is 16.7 Å². The Bertz CT molecular complexity index is 1030. The molecule has 0 saturated heterocycles. The largest absolute Gasteiger partial charge is 0.493 e. The first kappa shape index (κ1) is 19.1. The average molecular weight is 394 g/mol. The van der Waals surface area contributed by atoms with E-state index in [1.807, 2.05) is 16.8 Å². The summed E-state index contributed by atoms with van der Waals surface area (Å²) < 4.78 is 18.7. The van der Waals surface area contributed by atoms with E-state index in [9.17, 15) is 0 Å². The van der Waals surface area contributed by atoms with Crippen molar-refractivity contribution in [1.82, 2.24) is 14.8 Å². The van der Waals surface area contributed by atoms with Crippen molar-refractivity contribution in [1.29, 1.82) is 0 Å². The molecule has 1 aliphatic heterocycles. The zero-order valence-corrected chi connectivity index (χ0v) is 17.4. The molecule has 29 heavy (non-hydrogen) atoms. The summed E-state index contributed by atoms with van der Waals surface area (Å²) in [6, 6.07) is 10.5. The summed E-state index contributed by atoms with van der Waals surface area (Å²) in [4.78, 5) is 4.42. The van der Waals surface area contributed by atoms with Crippen LogP contribution in [0.3, 0.4) is 0 Å². The highest BCUT2D eigenvalue weighted by Gasteiger charge is 2.33. The quantitative estimate of drug-likeness (QED) is 0.704. The zero-order chi connectivity index (χ0) is 20.5. The second-order valence-corrected chi connectivity index (χ2v) is 7.24. The predicted octanol–water partition coefficient (Wildman–Crippen LogP) is 4.07. The molecule has 7 nitrogen and oxygen atoms in total. The van der Waals surface area contributed by atoms with Crippen LogP contribution in [0.15, 0.2) is 36.7 Å². The van der Waals surface area contributed by atoms with Crippen molar-refractivity contribution >= 4 is 5.95 Å². The van der Waals surface area contributed by atoms with Crippen LogP contribution in [0.2, 0.25) is 0 Å². The molecule has 1 aromatic heterocycles. The second kappa shape index (κ2) is 7.66. The molecule has 3 aromatic rings. The third kappa shape index (κ3) is 3.26. The van der Waals surface area contributed by atoms with Gasteiger partial charge in [-0.15, -0.1) is 0 Å². The van der Waals surface area contributed by atoms with Crippen LogP contribution >= 0.6 is 0 Å². The molecule has 0 unspecified atom stereocenters. The number of nitrogens with one attached hydrogen (secondary N) is 1. The van der Waals surface area contributed by atoms with E-state index in [1.54, 1.807) is 27.7 Å². The van der Waals surface area contributed by atoms with Crippen molar-refractivity contribution < 1.29 is 14.2 Å². The van der Waals surface area contributed by atoms with Crippen LogP contribution in [0.1, 0.15) is 40.8 Å². The SMILES string of the molecule is COc1ccc([C@@H]2C[C@@H](c3ccc(C)c(C)c3)Nc3ncnn32)c(OC)c1OC. The van der Waals surface area contributed by atoms with Gasteiger partial charge >= 0.3 is 0 Å². The van der Waals surface area contributed by atoms with Gasteiger partial charge in [0.05, 0.1) is 33.4 Å². The standard InChI is InChI=1S/C22H26N4O3/c1-13-6-7-15(10-14(13)2)17-11-18(26-22(25-17)23-12-24-26)16-8-9-19(27-3)21(29-5)20(16)28-4/h6-10,12,17-18H,11H2,1-5H3,(H,23,24,25)/t17-,18-/m0/s1. The van der Waals surface area contributed by atoms with Crippen molar-refractivity contribution in [3.63, 3.8) is 0 Å². The second-order valence-electron chi connectivity index (χ2n) is 7.24. The first-order valence-corrected chi connectivity index (χ1v) is 9.59. The lowest BCUT2D eigenvalue weighted by Crippen LogP contribution is -2.28. The van der Waals surface area contributed by atoms with Crippen molar-refractivity contribution in [3.05, 3.63) is 58.9 Å². The molecule has 152 valence electrons. The molecule has 0 fully saturated rings. The number of hydrogen-bond donors (Lipinski definition) is 1. The van der Waals surface area contributed by atoms with E-state index in [4.69, 9.17) is 14.2 Å². The summed E-state index contributed by atoms with van der Waals surface area (Å²) >= 11 is 0. The lowest BCUT2D eigenvalue weighted by Gasteiger charge is -2.33. The van der Waals surface area contributed by atoms with Gasteiger partial charge in [-0.1, -0.05) is 18.2 Å². The number of anilines is 1. The minimum absolute atomic E-state index is 0.0601. The minimum atomic E-state index is -0.0601. The van der Waals surface area contributed by atoms with Crippen LogP contribution in [-0.2, 0) is 0 Å². The molecule has 1 N–H and O–H groups in total. The van der Waals surface area contributed by atoms with Crippen LogP contribution in [-0.4, -0.2) is 36.1 Å². The molecule has 2 heterocycles. The van der Waals surface area contributed by atoms with Crippen molar-refractivity contribution in [2.75, 3.05) is 26.6 Å². The number of fused-ring (bicyclic) bond motifs is 1. The maximum atomic E-state index is 5.74. The topological polar surface area (TPSA) is 70.4 Å². The summed E-state index contributed by atoms with van der Waals surface area (Å²) in [5, 5.41) is 7.98. The van der Waals surface area contributed by atoms with Crippen molar-refractivity contribution in [3.8, 4) is 17.2 Å². The summed E-state index contributed by atoms with van der Waals surface area (Å²) in [6.07, 6.45) is 2.37. The van der Waals surface area contributed by atoms with Crippen molar-refractivity contribution in [2.45, 2.75) is 32.4 Å². The minimum Gasteiger partial charge on any atom is -0.493 e. The molecule has 2 aromatic carbocycles. The molecular weight excluding hydrogens is 368 g/mol. The highest BCUT2D eigenvalue weighted by molar-refractivity contribution is 5.57. The Kier molecular flexibility index (Phi) is 5.05. The smallest absolute Gasteiger partial charge is 0.222 e. The third-order valence-corrected chi connectivity index (χ3v) is 5.66. The molecule has 1 aliphatic rings. The van der Waals surface area contributed by atoms with Crippen LogP contribution in [0.25, 0.3) is 0 Å². The molecule has 0 radical (unpaired) electrons. The lowest BCUT2D eigenvalue weighted by atomic mass is 9.91. The van der Waals surface area contributed by atoms with Crippen LogP contribution < -0.4 is 19.5 Å². The van der Waals surface area contributed by atoms with Crippen LogP contribution in [0, 0.1) is 13.8 Å². The number of nitrogens with zero attached hydrogens (tertiary/aromatic N) is 3. The van der Waals surface area contributed by atoms with Gasteiger partial charge in [-0.2, -0.15) is 10.1 Å². The van der Waals surface area contributed by atoms with Crippen LogP contribution in [0.5, 0.6) is 17.2 Å². The number of aryl methyl sites for hydroxylation is 2. The van der Waals surface area contributed by atoms with Gasteiger partial charge in [-0.05, 0) is 49.1 Å². The molecule has 0 spiro atoms. The molecule has 2 atom stereocenters. The Hall–Kier alpha value is -3.22. The third-order valence-electron chi connectivity index (χ3n) is 5.66. The van der Waals surface area contributed by atoms with E-state index in [-0.39, 0.29) is 12.1 Å². The normalized spacial score (nSPS) is 18.0. The number of aromatic nitrogens is 3. The highest BCUT2D eigenvalue weighted by Crippen LogP contribution is 2.46. The Morgan fingerprint density at radius 3 is 2.45 bits per heavy atom. The first-order chi connectivity index (χ1) is 14.1. The van der Waals surface area contributed by atoms with Gasteiger partial charge in [0.15, 0.2) is 11.5 Å². The summed E-state index contributed by atoms with van der Waals surface area (Å²) in [5.74, 6) is 2.60. The van der Waals surface area contributed by atoms with Gasteiger partial charge < -0.3 is 19.5 Å². The Morgan fingerprint density at radius 1 is 0.966 bits per heavy atom. The van der Waals surface area contributed by atoms with Gasteiger partial charge in [0.1, 0.15) is 6.33 Å². The summed E-state index contributed by atoms with van der Waals surface area (Å²) in [7, 11) is 4.88. The molecular formula is C22H26N4O3. The fourth-order valence-electron chi connectivity index (χ4n) is 3.97. The number of hydrogen-bond acceptors (Lipinski definition) is 6. The van der Waals surface area contributed by atoms with Gasteiger partial charge in [0.2, 0.25) is 11.7 Å². The Morgan fingerprint density at radius 2 is 1.76 bits per heavy atom. The Balaban J connectivity index is 1.80. The Labute approximate surface area is 170 Å². The number of methoxy groups -OCH3 is 3. The van der Waals surface area contributed by atoms with E-state index in [2.05, 4.69) is 47.4 Å². The lowest BCUT2D eigenvalue weighted by molar-refractivity contribution is 0.315. The monoisotopic (exact) mass is 394 g/mol. The molecule has 0 saturated carbocycles. The van der Waals surface area contributed by atoms with Gasteiger partial charge in [-0.25, -0.2) is 4.68 Å². The van der Waals surface area contributed by atoms with Crippen molar-refractivity contribution in [2.24, 2.45) is 0 Å². The number of ether oxygens (including phenoxy) is 3. The first-order valence-electron chi connectivity index (χ1n) is 9.59. The van der Waals surface area contributed by atoms with E-state index in [0.717, 1.165) is 17.9 Å². The number of rotatable bonds is 5. The van der Waals surface area contributed by atoms with Crippen LogP contribution in [0.4, 0.5) is 5.95 Å².